The summed E-state index contributed by atoms with van der Waals surface area (Å²) in [5, 5.41) is -2.24. The highest BCUT2D eigenvalue weighted by Gasteiger charge is 2.47. The fourth-order valence-corrected chi connectivity index (χ4v) is 3.90. The molecule has 0 saturated heterocycles. The molecule has 156 valence electrons. The quantitative estimate of drug-likeness (QED) is 0.440. The van der Waals surface area contributed by atoms with E-state index in [1.54, 1.807) is 13.8 Å². The third-order valence-corrected chi connectivity index (χ3v) is 6.19. The van der Waals surface area contributed by atoms with Crippen LogP contribution in [0.5, 0.6) is 5.75 Å². The van der Waals surface area contributed by atoms with E-state index >= 15 is 0 Å². The molecule has 0 saturated carbocycles. The Bertz CT molecular complexity index is 734. The maximum absolute atomic E-state index is 12.0. The van der Waals surface area contributed by atoms with Gasteiger partial charge in [-0.25, -0.2) is 0 Å². The van der Waals surface area contributed by atoms with E-state index in [-0.39, 0.29) is 13.2 Å². The molecule has 0 spiro atoms. The van der Waals surface area contributed by atoms with E-state index in [4.69, 9.17) is 14.2 Å². The summed E-state index contributed by atoms with van der Waals surface area (Å²) < 4.78 is 50.4. The van der Waals surface area contributed by atoms with Crippen LogP contribution in [0.15, 0.2) is 0 Å². The summed E-state index contributed by atoms with van der Waals surface area (Å²) in [5.74, 6) is 0.650. The third kappa shape index (κ3) is 5.22. The van der Waals surface area contributed by atoms with Gasteiger partial charge in [-0.05, 0) is 82.2 Å². The van der Waals surface area contributed by atoms with E-state index < -0.39 is 21.8 Å². The Labute approximate surface area is 164 Å². The minimum atomic E-state index is -4.66. The molecule has 1 N–H and O–H groups in total. The average molecular weight is 403 g/mol. The molecule has 0 bridgehead atoms. The molecule has 0 amide bonds. The van der Waals surface area contributed by atoms with Crippen LogP contribution in [0.1, 0.15) is 61.4 Å². The highest BCUT2D eigenvalue weighted by molar-refractivity contribution is 7.86. The first-order valence-electron chi connectivity index (χ1n) is 9.53. The van der Waals surface area contributed by atoms with Crippen LogP contribution in [0, 0.1) is 27.7 Å². The molecule has 0 aliphatic rings. The zero-order valence-corrected chi connectivity index (χ0v) is 18.5. The zero-order chi connectivity index (χ0) is 20.8. The first-order chi connectivity index (χ1) is 12.6. The molecule has 1 aromatic rings. The molecule has 0 radical (unpaired) electrons. The van der Waals surface area contributed by atoms with Gasteiger partial charge in [-0.1, -0.05) is 13.3 Å². The van der Waals surface area contributed by atoms with E-state index in [1.807, 2.05) is 13.8 Å². The predicted molar refractivity (Wildman–Crippen MR) is 107 cm³/mol. The summed E-state index contributed by atoms with van der Waals surface area (Å²) in [6, 6.07) is 0. The zero-order valence-electron chi connectivity index (χ0n) is 17.6. The monoisotopic (exact) mass is 402 g/mol. The second kappa shape index (κ2) is 9.87. The van der Waals surface area contributed by atoms with Crippen molar-refractivity contribution in [3.05, 3.63) is 27.8 Å². The Morgan fingerprint density at radius 2 is 1.41 bits per heavy atom. The summed E-state index contributed by atoms with van der Waals surface area (Å²) in [5.41, 5.74) is 5.48. The second-order valence-electron chi connectivity index (χ2n) is 6.72. The smallest absolute Gasteiger partial charge is 0.335 e. The Balaban J connectivity index is 3.40. The number of rotatable bonds is 11. The van der Waals surface area contributed by atoms with Crippen molar-refractivity contribution >= 4 is 10.1 Å². The SMILES string of the molecule is CCCCc1c(C)c(C)c(C)c(C)c1OCC(OCC)(OCC)S(=O)(=O)O. The Morgan fingerprint density at radius 3 is 1.85 bits per heavy atom. The summed E-state index contributed by atoms with van der Waals surface area (Å²) in [7, 11) is -4.66. The van der Waals surface area contributed by atoms with Crippen LogP contribution < -0.4 is 4.74 Å². The lowest BCUT2D eigenvalue weighted by Crippen LogP contribution is -2.49. The van der Waals surface area contributed by atoms with Gasteiger partial charge in [-0.3, -0.25) is 4.55 Å². The molecule has 0 unspecified atom stereocenters. The Kier molecular flexibility index (Phi) is 8.73. The van der Waals surface area contributed by atoms with E-state index in [0.29, 0.717) is 5.75 Å². The lowest BCUT2D eigenvalue weighted by molar-refractivity contribution is -0.191. The van der Waals surface area contributed by atoms with Crippen LogP contribution in [0.2, 0.25) is 0 Å². The number of hydrogen-bond donors (Lipinski definition) is 1. The van der Waals surface area contributed by atoms with Gasteiger partial charge < -0.3 is 14.2 Å². The van der Waals surface area contributed by atoms with Gasteiger partial charge in [-0.15, -0.1) is 0 Å². The summed E-state index contributed by atoms with van der Waals surface area (Å²) >= 11 is 0. The van der Waals surface area contributed by atoms with Crippen molar-refractivity contribution in [2.24, 2.45) is 0 Å². The average Bonchev–Trinajstić information content (AvgIpc) is 2.60. The van der Waals surface area contributed by atoms with Gasteiger partial charge in [0, 0.05) is 13.2 Å². The molecule has 0 fully saturated rings. The Morgan fingerprint density at radius 1 is 0.889 bits per heavy atom. The molecule has 0 aliphatic heterocycles. The molecule has 0 aliphatic carbocycles. The molecule has 1 rings (SSSR count). The molecule has 0 atom stereocenters. The summed E-state index contributed by atoms with van der Waals surface area (Å²) in [6.07, 6.45) is 2.87. The van der Waals surface area contributed by atoms with Crippen molar-refractivity contribution < 1.29 is 27.2 Å². The minimum absolute atomic E-state index is 0.0524. The lowest BCUT2D eigenvalue weighted by Gasteiger charge is -2.30. The standard InChI is InChI=1S/C20H34O6S/c1-8-11-12-18-16(6)14(4)15(5)17(7)19(18)24-13-20(25-9-2,26-10-3)27(21,22)23/h8-13H2,1-7H3,(H,21,22,23). The van der Waals surface area contributed by atoms with Crippen molar-refractivity contribution in [3.8, 4) is 5.75 Å². The van der Waals surface area contributed by atoms with Crippen molar-refractivity contribution in [2.75, 3.05) is 19.8 Å². The largest absolute Gasteiger partial charge is 0.486 e. The van der Waals surface area contributed by atoms with E-state index in [0.717, 1.165) is 41.5 Å². The molecule has 6 nitrogen and oxygen atoms in total. The normalized spacial score (nSPS) is 12.4. The van der Waals surface area contributed by atoms with Gasteiger partial charge in [0.1, 0.15) is 5.75 Å². The van der Waals surface area contributed by atoms with Gasteiger partial charge in [-0.2, -0.15) is 8.42 Å². The van der Waals surface area contributed by atoms with Crippen LogP contribution in [-0.2, 0) is 26.0 Å². The van der Waals surface area contributed by atoms with Crippen LogP contribution in [-0.4, -0.2) is 37.9 Å². The van der Waals surface area contributed by atoms with Gasteiger partial charge in [0.05, 0.1) is 0 Å². The van der Waals surface area contributed by atoms with Crippen molar-refractivity contribution in [3.63, 3.8) is 0 Å². The molecule has 0 heterocycles. The fraction of sp³-hybridized carbons (Fsp3) is 0.700. The number of ether oxygens (including phenoxy) is 3. The van der Waals surface area contributed by atoms with Gasteiger partial charge in [0.25, 0.3) is 0 Å². The van der Waals surface area contributed by atoms with Crippen molar-refractivity contribution in [2.45, 2.75) is 72.8 Å². The number of hydrogen-bond acceptors (Lipinski definition) is 5. The molecule has 0 aromatic heterocycles. The molecular weight excluding hydrogens is 368 g/mol. The Hall–Kier alpha value is -1.15. The topological polar surface area (TPSA) is 82.1 Å². The third-order valence-electron chi connectivity index (χ3n) is 5.05. The van der Waals surface area contributed by atoms with Gasteiger partial charge >= 0.3 is 15.2 Å². The van der Waals surface area contributed by atoms with Crippen LogP contribution in [0.25, 0.3) is 0 Å². The van der Waals surface area contributed by atoms with Crippen LogP contribution in [0.4, 0.5) is 0 Å². The van der Waals surface area contributed by atoms with Crippen LogP contribution in [0.3, 0.4) is 0 Å². The van der Waals surface area contributed by atoms with E-state index in [9.17, 15) is 13.0 Å². The first kappa shape index (κ1) is 23.9. The van der Waals surface area contributed by atoms with Crippen LogP contribution >= 0.6 is 0 Å². The van der Waals surface area contributed by atoms with Crippen molar-refractivity contribution in [1.29, 1.82) is 0 Å². The molecular formula is C20H34O6S. The number of unbranched alkanes of at least 4 members (excludes halogenated alkanes) is 1. The summed E-state index contributed by atoms with van der Waals surface area (Å²) in [6.45, 7) is 13.2. The number of benzene rings is 1. The maximum atomic E-state index is 12.0. The van der Waals surface area contributed by atoms with Gasteiger partial charge in [0.15, 0.2) is 6.61 Å². The lowest BCUT2D eigenvalue weighted by atomic mass is 9.91. The van der Waals surface area contributed by atoms with Gasteiger partial charge in [0.2, 0.25) is 0 Å². The van der Waals surface area contributed by atoms with Crippen molar-refractivity contribution in [1.82, 2.24) is 0 Å². The van der Waals surface area contributed by atoms with E-state index in [2.05, 4.69) is 20.8 Å². The fourth-order valence-electron chi connectivity index (χ4n) is 3.15. The maximum Gasteiger partial charge on any atom is 0.335 e. The predicted octanol–water partition coefficient (Wildman–Crippen LogP) is 4.26. The first-order valence-corrected chi connectivity index (χ1v) is 11.0. The molecule has 1 aromatic carbocycles. The highest BCUT2D eigenvalue weighted by atomic mass is 32.2. The second-order valence-corrected chi connectivity index (χ2v) is 8.30. The highest BCUT2D eigenvalue weighted by Crippen LogP contribution is 2.35. The molecule has 27 heavy (non-hydrogen) atoms. The summed E-state index contributed by atoms with van der Waals surface area (Å²) in [4.78, 5) is 0. The minimum Gasteiger partial charge on any atom is -0.486 e. The molecule has 7 heteroatoms. The van der Waals surface area contributed by atoms with E-state index in [1.165, 1.54) is 5.56 Å².